The number of carbonyl (C=O) groups is 1. The van der Waals surface area contributed by atoms with E-state index in [9.17, 15) is 4.79 Å². The van der Waals surface area contributed by atoms with Crippen molar-refractivity contribution in [2.24, 2.45) is 5.41 Å². The molecule has 0 radical (unpaired) electrons. The van der Waals surface area contributed by atoms with E-state index < -0.39 is 6.09 Å². The topological polar surface area (TPSA) is 62.6 Å². The highest BCUT2D eigenvalue weighted by Crippen LogP contribution is 2.25. The highest BCUT2D eigenvalue weighted by Gasteiger charge is 2.33. The van der Waals surface area contributed by atoms with Gasteiger partial charge >= 0.3 is 6.09 Å². The third kappa shape index (κ3) is 4.31. The molecule has 6 nitrogen and oxygen atoms in total. The molecule has 0 aliphatic carbocycles. The molecule has 1 aliphatic rings. The number of ether oxygens (including phenoxy) is 3. The van der Waals surface area contributed by atoms with Crippen LogP contribution >= 0.6 is 0 Å². The largest absolute Gasteiger partial charge is 0.448 e. The summed E-state index contributed by atoms with van der Waals surface area (Å²) in [5.41, 5.74) is 0.722. The van der Waals surface area contributed by atoms with Gasteiger partial charge in [0.25, 0.3) is 0 Å². The number of benzene rings is 1. The Morgan fingerprint density at radius 1 is 1.38 bits per heavy atom. The van der Waals surface area contributed by atoms with Crippen LogP contribution in [0.15, 0.2) is 55.1 Å². The van der Waals surface area contributed by atoms with Crippen molar-refractivity contribution in [3.8, 4) is 0 Å². The van der Waals surface area contributed by atoms with E-state index in [0.717, 1.165) is 5.56 Å². The second-order valence-corrected chi connectivity index (χ2v) is 6.10. The average Bonchev–Trinajstić information content (AvgIpc) is 3.15. The van der Waals surface area contributed by atoms with E-state index in [4.69, 9.17) is 14.2 Å². The molecule has 1 fully saturated rings. The Balaban J connectivity index is 1.47. The summed E-state index contributed by atoms with van der Waals surface area (Å²) in [6, 6.07) is 9.96. The van der Waals surface area contributed by atoms with E-state index in [1.54, 1.807) is 6.20 Å². The third-order valence-electron chi connectivity index (χ3n) is 3.70. The molecule has 3 rings (SSSR count). The molecule has 1 aromatic heterocycles. The maximum absolute atomic E-state index is 11.8. The summed E-state index contributed by atoms with van der Waals surface area (Å²) >= 11 is 0. The molecule has 2 aromatic rings. The number of hydrogen-bond donors (Lipinski definition) is 0. The van der Waals surface area contributed by atoms with Crippen LogP contribution < -0.4 is 0 Å². The van der Waals surface area contributed by atoms with Gasteiger partial charge in [0.05, 0.1) is 13.2 Å². The lowest BCUT2D eigenvalue weighted by Gasteiger charge is -2.35. The van der Waals surface area contributed by atoms with Crippen LogP contribution in [0.1, 0.15) is 12.5 Å². The number of nitrogens with zero attached hydrogens (tertiary/aromatic N) is 2. The van der Waals surface area contributed by atoms with Gasteiger partial charge in [-0.15, -0.1) is 0 Å². The van der Waals surface area contributed by atoms with Crippen molar-refractivity contribution in [2.45, 2.75) is 13.2 Å². The molecule has 0 N–H and O–H groups in total. The Kier molecular flexibility index (Phi) is 5.08. The molecule has 0 atom stereocenters. The van der Waals surface area contributed by atoms with E-state index in [1.165, 1.54) is 17.1 Å². The zero-order valence-electron chi connectivity index (χ0n) is 13.5. The van der Waals surface area contributed by atoms with Crippen LogP contribution in [0.3, 0.4) is 0 Å². The molecule has 2 heterocycles. The molecule has 0 spiro atoms. The van der Waals surface area contributed by atoms with E-state index in [-0.39, 0.29) is 18.3 Å². The van der Waals surface area contributed by atoms with Crippen LogP contribution in [0.25, 0.3) is 6.08 Å². The van der Waals surface area contributed by atoms with Gasteiger partial charge in [-0.2, -0.15) is 0 Å². The SMILES string of the molecule is CC1(COC(=O)n2ccnc2)COC(C=Cc2ccccc2)OC1. The quantitative estimate of drug-likeness (QED) is 0.863. The van der Waals surface area contributed by atoms with Gasteiger partial charge in [0, 0.05) is 17.8 Å². The Morgan fingerprint density at radius 2 is 2.12 bits per heavy atom. The van der Waals surface area contributed by atoms with Gasteiger partial charge in [0.2, 0.25) is 0 Å². The summed E-state index contributed by atoms with van der Waals surface area (Å²) in [7, 11) is 0. The standard InChI is InChI=1S/C18H20N2O4/c1-18(13-24-17(21)20-10-9-19-14-20)11-22-16(23-12-18)8-7-15-5-3-2-4-6-15/h2-10,14,16H,11-13H2,1H3. The minimum Gasteiger partial charge on any atom is -0.448 e. The zero-order valence-corrected chi connectivity index (χ0v) is 13.5. The molecular weight excluding hydrogens is 308 g/mol. The summed E-state index contributed by atoms with van der Waals surface area (Å²) in [5.74, 6) is 0. The van der Waals surface area contributed by atoms with Gasteiger partial charge in [0.1, 0.15) is 12.9 Å². The van der Waals surface area contributed by atoms with Gasteiger partial charge in [-0.3, -0.25) is 0 Å². The van der Waals surface area contributed by atoms with Crippen molar-refractivity contribution in [2.75, 3.05) is 19.8 Å². The molecule has 24 heavy (non-hydrogen) atoms. The molecule has 6 heteroatoms. The lowest BCUT2D eigenvalue weighted by Crippen LogP contribution is -2.42. The van der Waals surface area contributed by atoms with Crippen molar-refractivity contribution < 1.29 is 19.0 Å². The molecule has 0 amide bonds. The van der Waals surface area contributed by atoms with Crippen LogP contribution in [0.2, 0.25) is 0 Å². The lowest BCUT2D eigenvalue weighted by molar-refractivity contribution is -0.209. The van der Waals surface area contributed by atoms with Crippen molar-refractivity contribution in [3.05, 3.63) is 60.7 Å². The summed E-state index contributed by atoms with van der Waals surface area (Å²) in [6.07, 6.45) is 7.48. The first-order valence-electron chi connectivity index (χ1n) is 7.76. The molecule has 1 aliphatic heterocycles. The maximum Gasteiger partial charge on any atom is 0.419 e. The van der Waals surface area contributed by atoms with Gasteiger partial charge < -0.3 is 14.2 Å². The van der Waals surface area contributed by atoms with Crippen LogP contribution in [-0.2, 0) is 14.2 Å². The van der Waals surface area contributed by atoms with E-state index in [0.29, 0.717) is 13.2 Å². The predicted octanol–water partition coefficient (Wildman–Crippen LogP) is 2.96. The normalized spacial score (nSPS) is 24.1. The van der Waals surface area contributed by atoms with Crippen molar-refractivity contribution in [1.29, 1.82) is 0 Å². The highest BCUT2D eigenvalue weighted by molar-refractivity contribution is 5.69. The maximum atomic E-state index is 11.8. The molecule has 1 aromatic carbocycles. The van der Waals surface area contributed by atoms with Gasteiger partial charge in [0.15, 0.2) is 6.29 Å². The predicted molar refractivity (Wildman–Crippen MR) is 88.2 cm³/mol. The first-order chi connectivity index (χ1) is 11.6. The minimum atomic E-state index is -0.458. The van der Waals surface area contributed by atoms with Crippen molar-refractivity contribution in [3.63, 3.8) is 0 Å². The van der Waals surface area contributed by atoms with Gasteiger partial charge in [-0.25, -0.2) is 14.3 Å². The fourth-order valence-electron chi connectivity index (χ4n) is 2.28. The molecule has 126 valence electrons. The zero-order chi connectivity index (χ0) is 16.8. The van der Waals surface area contributed by atoms with Crippen LogP contribution in [-0.4, -0.2) is 41.8 Å². The van der Waals surface area contributed by atoms with E-state index in [1.807, 2.05) is 49.4 Å². The van der Waals surface area contributed by atoms with Crippen LogP contribution in [0.4, 0.5) is 4.79 Å². The van der Waals surface area contributed by atoms with Crippen LogP contribution in [0, 0.1) is 5.41 Å². The highest BCUT2D eigenvalue weighted by atomic mass is 16.7. The fraction of sp³-hybridized carbons (Fsp3) is 0.333. The molecule has 1 saturated heterocycles. The summed E-state index contributed by atoms with van der Waals surface area (Å²) < 4.78 is 18.0. The van der Waals surface area contributed by atoms with E-state index in [2.05, 4.69) is 4.98 Å². The third-order valence-corrected chi connectivity index (χ3v) is 3.70. The second kappa shape index (κ2) is 7.42. The van der Waals surface area contributed by atoms with Crippen molar-refractivity contribution in [1.82, 2.24) is 9.55 Å². The first-order valence-corrected chi connectivity index (χ1v) is 7.76. The Morgan fingerprint density at radius 3 is 2.79 bits per heavy atom. The van der Waals surface area contributed by atoms with E-state index >= 15 is 0 Å². The van der Waals surface area contributed by atoms with Gasteiger partial charge in [-0.05, 0) is 11.6 Å². The Hall–Kier alpha value is -2.44. The molecule has 0 bridgehead atoms. The average molecular weight is 328 g/mol. The number of carbonyl (C=O) groups excluding carboxylic acids is 1. The summed E-state index contributed by atoms with van der Waals surface area (Å²) in [5, 5.41) is 0. The summed E-state index contributed by atoms with van der Waals surface area (Å²) in [4.78, 5) is 15.6. The molecule has 0 unspecified atom stereocenters. The number of rotatable bonds is 4. The van der Waals surface area contributed by atoms with Crippen molar-refractivity contribution >= 4 is 12.2 Å². The van der Waals surface area contributed by atoms with Gasteiger partial charge in [-0.1, -0.05) is 43.3 Å². The summed E-state index contributed by atoms with van der Waals surface area (Å²) in [6.45, 7) is 3.09. The lowest BCUT2D eigenvalue weighted by atomic mass is 9.93. The minimum absolute atomic E-state index is 0.221. The monoisotopic (exact) mass is 328 g/mol. The second-order valence-electron chi connectivity index (χ2n) is 6.10. The number of hydrogen-bond acceptors (Lipinski definition) is 5. The fourth-order valence-corrected chi connectivity index (χ4v) is 2.28. The Labute approximate surface area is 140 Å². The smallest absolute Gasteiger partial charge is 0.419 e. The Bertz CT molecular complexity index is 674. The number of imidazole rings is 1. The van der Waals surface area contributed by atoms with Crippen LogP contribution in [0.5, 0.6) is 0 Å². The first kappa shape index (κ1) is 16.4. The molecule has 0 saturated carbocycles. The molecular formula is C18H20N2O4. The number of aromatic nitrogens is 2.